The van der Waals surface area contributed by atoms with Crippen LogP contribution in [0.5, 0.6) is 5.75 Å². The van der Waals surface area contributed by atoms with Crippen LogP contribution in [-0.2, 0) is 11.3 Å². The van der Waals surface area contributed by atoms with Crippen LogP contribution in [-0.4, -0.2) is 13.2 Å². The third kappa shape index (κ3) is 3.45. The van der Waals surface area contributed by atoms with Crippen LogP contribution in [0.25, 0.3) is 0 Å². The first-order chi connectivity index (χ1) is 8.20. The maximum atomic E-state index is 5.95. The lowest BCUT2D eigenvalue weighted by molar-refractivity contribution is 0.140. The first kappa shape index (κ1) is 12.4. The van der Waals surface area contributed by atoms with Gasteiger partial charge in [0, 0.05) is 6.42 Å². The molecule has 0 bridgehead atoms. The first-order valence-corrected chi connectivity index (χ1v) is 6.25. The maximum Gasteiger partial charge on any atom is 0.125 e. The molecule has 2 rings (SSSR count). The van der Waals surface area contributed by atoms with E-state index in [1.807, 2.05) is 0 Å². The van der Waals surface area contributed by atoms with E-state index in [0.29, 0.717) is 6.61 Å². The summed E-state index contributed by atoms with van der Waals surface area (Å²) in [6.45, 7) is 5.58. The molecule has 0 heterocycles. The summed E-state index contributed by atoms with van der Waals surface area (Å²) >= 11 is 0. The Morgan fingerprint density at radius 2 is 2.06 bits per heavy atom. The van der Waals surface area contributed by atoms with Gasteiger partial charge in [-0.05, 0) is 43.7 Å². The minimum atomic E-state index is 0.530. The molecule has 1 aromatic rings. The molecule has 1 aliphatic carbocycles. The van der Waals surface area contributed by atoms with Gasteiger partial charge in [0.25, 0.3) is 0 Å². The van der Waals surface area contributed by atoms with Crippen LogP contribution >= 0.6 is 0 Å². The normalized spacial score (nSPS) is 15.0. The quantitative estimate of drug-likeness (QED) is 0.771. The molecule has 0 saturated heterocycles. The zero-order valence-electron chi connectivity index (χ0n) is 10.7. The van der Waals surface area contributed by atoms with Crippen molar-refractivity contribution in [3.8, 4) is 5.75 Å². The van der Waals surface area contributed by atoms with Crippen molar-refractivity contribution >= 4 is 0 Å². The molecule has 3 nitrogen and oxygen atoms in total. The topological polar surface area (TPSA) is 44.5 Å². The van der Waals surface area contributed by atoms with Crippen LogP contribution < -0.4 is 10.6 Å². The lowest BCUT2D eigenvalue weighted by Crippen LogP contribution is -2.08. The van der Waals surface area contributed by atoms with Crippen molar-refractivity contribution in [2.75, 3.05) is 13.2 Å². The Bertz CT molecular complexity index is 386. The average molecular weight is 235 g/mol. The van der Waals surface area contributed by atoms with Crippen molar-refractivity contribution < 1.29 is 9.57 Å². The Morgan fingerprint density at radius 1 is 1.29 bits per heavy atom. The lowest BCUT2D eigenvalue weighted by Gasteiger charge is -2.15. The molecule has 3 heteroatoms. The van der Waals surface area contributed by atoms with Crippen LogP contribution in [0.3, 0.4) is 0 Å². The van der Waals surface area contributed by atoms with Gasteiger partial charge in [-0.2, -0.15) is 0 Å². The van der Waals surface area contributed by atoms with Gasteiger partial charge in [0.2, 0.25) is 0 Å². The Labute approximate surface area is 103 Å². The molecule has 0 radical (unpaired) electrons. The van der Waals surface area contributed by atoms with E-state index in [0.717, 1.165) is 24.7 Å². The molecule has 0 spiro atoms. The standard InChI is InChI=1S/C14H21NO2/c1-10-7-11(2)14(16-9-12-3-4-12)13(8-10)5-6-17-15/h7-8,12H,3-6,9,15H2,1-2H3. The van der Waals surface area contributed by atoms with Gasteiger partial charge in [-0.3, -0.25) is 0 Å². The molecule has 1 aromatic carbocycles. The van der Waals surface area contributed by atoms with Crippen molar-refractivity contribution in [2.45, 2.75) is 33.1 Å². The number of aryl methyl sites for hydroxylation is 2. The number of ether oxygens (including phenoxy) is 1. The molecule has 2 N–H and O–H groups in total. The summed E-state index contributed by atoms with van der Waals surface area (Å²) in [6.07, 6.45) is 3.43. The molecule has 0 atom stereocenters. The highest BCUT2D eigenvalue weighted by Gasteiger charge is 2.22. The summed E-state index contributed by atoms with van der Waals surface area (Å²) in [6, 6.07) is 4.32. The summed E-state index contributed by atoms with van der Waals surface area (Å²) in [5.41, 5.74) is 3.67. The summed E-state index contributed by atoms with van der Waals surface area (Å²) in [7, 11) is 0. The van der Waals surface area contributed by atoms with E-state index in [4.69, 9.17) is 10.6 Å². The smallest absolute Gasteiger partial charge is 0.125 e. The Hall–Kier alpha value is -1.06. The summed E-state index contributed by atoms with van der Waals surface area (Å²) < 4.78 is 5.95. The Morgan fingerprint density at radius 3 is 2.71 bits per heavy atom. The summed E-state index contributed by atoms with van der Waals surface area (Å²) in [5, 5.41) is 0. The number of rotatable bonds is 6. The van der Waals surface area contributed by atoms with Gasteiger partial charge < -0.3 is 9.57 Å². The van der Waals surface area contributed by atoms with Crippen LogP contribution in [0.4, 0.5) is 0 Å². The third-order valence-electron chi connectivity index (χ3n) is 3.15. The zero-order chi connectivity index (χ0) is 12.3. The van der Waals surface area contributed by atoms with Gasteiger partial charge in [0.1, 0.15) is 5.75 Å². The minimum Gasteiger partial charge on any atom is -0.493 e. The number of nitrogens with two attached hydrogens (primary N) is 1. The van der Waals surface area contributed by atoms with E-state index >= 15 is 0 Å². The van der Waals surface area contributed by atoms with E-state index in [1.54, 1.807) is 0 Å². The monoisotopic (exact) mass is 235 g/mol. The molecule has 0 aliphatic heterocycles. The van der Waals surface area contributed by atoms with E-state index in [1.165, 1.54) is 29.5 Å². The maximum absolute atomic E-state index is 5.95. The fourth-order valence-electron chi connectivity index (χ4n) is 2.09. The van der Waals surface area contributed by atoms with Gasteiger partial charge in [-0.1, -0.05) is 17.7 Å². The Balaban J connectivity index is 2.12. The third-order valence-corrected chi connectivity index (χ3v) is 3.15. The SMILES string of the molecule is Cc1cc(C)c(OCC2CC2)c(CCON)c1. The summed E-state index contributed by atoms with van der Waals surface area (Å²) in [5.74, 6) is 6.89. The van der Waals surface area contributed by atoms with Crippen molar-refractivity contribution in [3.05, 3.63) is 28.8 Å². The van der Waals surface area contributed by atoms with Gasteiger partial charge in [0.05, 0.1) is 13.2 Å². The van der Waals surface area contributed by atoms with E-state index in [2.05, 4.69) is 30.8 Å². The molecule has 0 unspecified atom stereocenters. The number of benzene rings is 1. The molecule has 94 valence electrons. The zero-order valence-corrected chi connectivity index (χ0v) is 10.7. The minimum absolute atomic E-state index is 0.530. The highest BCUT2D eigenvalue weighted by molar-refractivity contribution is 5.44. The predicted molar refractivity (Wildman–Crippen MR) is 68.0 cm³/mol. The lowest BCUT2D eigenvalue weighted by atomic mass is 10.0. The number of hydrogen-bond acceptors (Lipinski definition) is 3. The van der Waals surface area contributed by atoms with Crippen molar-refractivity contribution in [2.24, 2.45) is 11.8 Å². The van der Waals surface area contributed by atoms with Crippen LogP contribution in [0.15, 0.2) is 12.1 Å². The van der Waals surface area contributed by atoms with E-state index in [-0.39, 0.29) is 0 Å². The van der Waals surface area contributed by atoms with Gasteiger partial charge in [-0.25, -0.2) is 5.90 Å². The van der Waals surface area contributed by atoms with Crippen LogP contribution in [0, 0.1) is 19.8 Å². The Kier molecular flexibility index (Phi) is 4.02. The second kappa shape index (κ2) is 5.52. The van der Waals surface area contributed by atoms with Crippen molar-refractivity contribution in [3.63, 3.8) is 0 Å². The van der Waals surface area contributed by atoms with Crippen molar-refractivity contribution in [1.29, 1.82) is 0 Å². The molecule has 0 aromatic heterocycles. The van der Waals surface area contributed by atoms with Crippen LogP contribution in [0.1, 0.15) is 29.5 Å². The number of hydrogen-bond donors (Lipinski definition) is 1. The molecule has 0 amide bonds. The first-order valence-electron chi connectivity index (χ1n) is 6.25. The molecule has 17 heavy (non-hydrogen) atoms. The van der Waals surface area contributed by atoms with Gasteiger partial charge >= 0.3 is 0 Å². The molecule has 1 saturated carbocycles. The molecule has 1 aliphatic rings. The molecular weight excluding hydrogens is 214 g/mol. The fraction of sp³-hybridized carbons (Fsp3) is 0.571. The van der Waals surface area contributed by atoms with Crippen LogP contribution in [0.2, 0.25) is 0 Å². The molecule has 1 fully saturated rings. The van der Waals surface area contributed by atoms with Gasteiger partial charge in [0.15, 0.2) is 0 Å². The fourth-order valence-corrected chi connectivity index (χ4v) is 2.09. The van der Waals surface area contributed by atoms with E-state index in [9.17, 15) is 0 Å². The highest BCUT2D eigenvalue weighted by atomic mass is 16.6. The molecular formula is C14H21NO2. The summed E-state index contributed by atoms with van der Waals surface area (Å²) in [4.78, 5) is 4.66. The largest absolute Gasteiger partial charge is 0.493 e. The second-order valence-electron chi connectivity index (χ2n) is 4.95. The van der Waals surface area contributed by atoms with E-state index < -0.39 is 0 Å². The average Bonchev–Trinajstić information content (AvgIpc) is 3.08. The highest BCUT2D eigenvalue weighted by Crippen LogP contribution is 2.32. The van der Waals surface area contributed by atoms with Gasteiger partial charge in [-0.15, -0.1) is 0 Å². The van der Waals surface area contributed by atoms with Crippen molar-refractivity contribution in [1.82, 2.24) is 0 Å². The predicted octanol–water partition coefficient (Wildman–Crippen LogP) is 2.53. The second-order valence-corrected chi connectivity index (χ2v) is 4.95.